The van der Waals surface area contributed by atoms with Gasteiger partial charge in [0, 0.05) is 30.8 Å². The molecule has 1 aromatic carbocycles. The van der Waals surface area contributed by atoms with E-state index in [4.69, 9.17) is 0 Å². The Morgan fingerprint density at radius 2 is 2.17 bits per heavy atom. The first kappa shape index (κ1) is 17.0. The molecule has 5 heteroatoms. The monoisotopic (exact) mass is 328 g/mol. The van der Waals surface area contributed by atoms with Crippen LogP contribution in [-0.2, 0) is 11.3 Å². The summed E-state index contributed by atoms with van der Waals surface area (Å²) in [5.41, 5.74) is 1.95. The van der Waals surface area contributed by atoms with Crippen molar-refractivity contribution in [2.75, 3.05) is 26.7 Å². The number of likely N-dealkylation sites (N-methyl/N-ethyl adjacent to an activating group) is 1. The summed E-state index contributed by atoms with van der Waals surface area (Å²) in [5, 5.41) is 7.40. The first-order chi connectivity index (χ1) is 11.5. The van der Waals surface area contributed by atoms with Crippen molar-refractivity contribution >= 4 is 16.8 Å². The molecule has 1 unspecified atom stereocenters. The van der Waals surface area contributed by atoms with Gasteiger partial charge in [0.05, 0.1) is 5.54 Å². The predicted octanol–water partition coefficient (Wildman–Crippen LogP) is 2.10. The molecule has 1 aliphatic rings. The number of benzene rings is 1. The first-order valence-electron chi connectivity index (χ1n) is 8.74. The van der Waals surface area contributed by atoms with Crippen molar-refractivity contribution in [2.45, 2.75) is 32.4 Å². The summed E-state index contributed by atoms with van der Waals surface area (Å²) in [7, 11) is 1.82. The van der Waals surface area contributed by atoms with Crippen LogP contribution in [0.1, 0.15) is 26.0 Å². The van der Waals surface area contributed by atoms with Gasteiger partial charge in [0.15, 0.2) is 0 Å². The molecule has 2 aromatic rings. The summed E-state index contributed by atoms with van der Waals surface area (Å²) in [4.78, 5) is 18.1. The Bertz CT molecular complexity index is 673. The average molecular weight is 328 g/mol. The number of hydrogen-bond acceptors (Lipinski definition) is 3. The number of fused-ring (bicyclic) bond motifs is 1. The molecule has 0 saturated carbocycles. The molecule has 1 aliphatic heterocycles. The minimum absolute atomic E-state index is 0.0686. The third kappa shape index (κ3) is 3.79. The summed E-state index contributed by atoms with van der Waals surface area (Å²) in [6.07, 6.45) is 1.14. The molecule has 0 aliphatic carbocycles. The van der Waals surface area contributed by atoms with Gasteiger partial charge in [-0.05, 0) is 57.3 Å². The van der Waals surface area contributed by atoms with Crippen molar-refractivity contribution in [3.63, 3.8) is 0 Å². The molecule has 1 amide bonds. The van der Waals surface area contributed by atoms with Crippen molar-refractivity contribution in [1.29, 1.82) is 0 Å². The number of nitrogens with zero attached hydrogens (tertiary/aromatic N) is 1. The molecule has 3 rings (SSSR count). The van der Waals surface area contributed by atoms with Gasteiger partial charge in [0.25, 0.3) is 0 Å². The van der Waals surface area contributed by atoms with E-state index in [-0.39, 0.29) is 5.91 Å². The highest BCUT2D eigenvalue weighted by atomic mass is 16.2. The number of carbonyl (C=O) groups excluding carboxylic acids is 1. The first-order valence-corrected chi connectivity index (χ1v) is 8.74. The van der Waals surface area contributed by atoms with Gasteiger partial charge in [-0.1, -0.05) is 18.2 Å². The van der Waals surface area contributed by atoms with E-state index in [0.29, 0.717) is 5.92 Å². The van der Waals surface area contributed by atoms with Crippen LogP contribution in [0, 0.1) is 5.92 Å². The lowest BCUT2D eigenvalue weighted by Gasteiger charge is -2.24. The van der Waals surface area contributed by atoms with Gasteiger partial charge in [0.1, 0.15) is 0 Å². The zero-order chi connectivity index (χ0) is 17.2. The Hall–Kier alpha value is -1.85. The third-order valence-corrected chi connectivity index (χ3v) is 5.09. The molecule has 0 bridgehead atoms. The highest BCUT2D eigenvalue weighted by Gasteiger charge is 2.28. The lowest BCUT2D eigenvalue weighted by molar-refractivity contribution is -0.126. The van der Waals surface area contributed by atoms with Crippen LogP contribution in [0.15, 0.2) is 30.3 Å². The van der Waals surface area contributed by atoms with Crippen molar-refractivity contribution in [3.8, 4) is 0 Å². The SMILES string of the molecule is CNC(C)(C)C(=O)NCC1CCN(Cc2cc3ccccc3[nH]2)C1. The van der Waals surface area contributed by atoms with Crippen molar-refractivity contribution in [2.24, 2.45) is 5.92 Å². The number of nitrogens with one attached hydrogen (secondary N) is 3. The van der Waals surface area contributed by atoms with Gasteiger partial charge in [-0.25, -0.2) is 0 Å². The van der Waals surface area contributed by atoms with Crippen molar-refractivity contribution in [3.05, 3.63) is 36.0 Å². The second kappa shape index (κ2) is 6.95. The second-order valence-corrected chi connectivity index (χ2v) is 7.36. The van der Waals surface area contributed by atoms with Crippen molar-refractivity contribution in [1.82, 2.24) is 20.5 Å². The van der Waals surface area contributed by atoms with E-state index in [0.717, 1.165) is 32.6 Å². The van der Waals surface area contributed by atoms with E-state index >= 15 is 0 Å². The zero-order valence-electron chi connectivity index (χ0n) is 14.9. The fourth-order valence-corrected chi connectivity index (χ4v) is 3.25. The summed E-state index contributed by atoms with van der Waals surface area (Å²) in [6.45, 7) is 7.63. The van der Waals surface area contributed by atoms with E-state index in [2.05, 4.69) is 50.8 Å². The Morgan fingerprint density at radius 3 is 2.92 bits per heavy atom. The number of aromatic amines is 1. The maximum atomic E-state index is 12.1. The summed E-state index contributed by atoms with van der Waals surface area (Å²) in [5.74, 6) is 0.602. The van der Waals surface area contributed by atoms with Crippen LogP contribution in [0.5, 0.6) is 0 Å². The van der Waals surface area contributed by atoms with E-state index in [1.165, 1.54) is 16.6 Å². The quantitative estimate of drug-likeness (QED) is 0.761. The fourth-order valence-electron chi connectivity index (χ4n) is 3.25. The van der Waals surface area contributed by atoms with Gasteiger partial charge in [-0.2, -0.15) is 0 Å². The zero-order valence-corrected chi connectivity index (χ0v) is 14.9. The van der Waals surface area contributed by atoms with Crippen LogP contribution < -0.4 is 10.6 Å². The molecular weight excluding hydrogens is 300 g/mol. The molecule has 5 nitrogen and oxygen atoms in total. The molecule has 1 saturated heterocycles. The van der Waals surface area contributed by atoms with Crippen LogP contribution >= 0.6 is 0 Å². The van der Waals surface area contributed by atoms with Crippen LogP contribution in [0.2, 0.25) is 0 Å². The Labute approximate surface area is 143 Å². The number of hydrogen-bond donors (Lipinski definition) is 3. The molecule has 1 fully saturated rings. The predicted molar refractivity (Wildman–Crippen MR) is 97.8 cm³/mol. The molecule has 1 aromatic heterocycles. The third-order valence-electron chi connectivity index (χ3n) is 5.09. The van der Waals surface area contributed by atoms with E-state index < -0.39 is 5.54 Å². The fraction of sp³-hybridized carbons (Fsp3) is 0.526. The van der Waals surface area contributed by atoms with E-state index in [1.807, 2.05) is 20.9 Å². The Kier molecular flexibility index (Phi) is 4.92. The smallest absolute Gasteiger partial charge is 0.239 e. The number of rotatable bonds is 6. The minimum atomic E-state index is -0.511. The molecule has 1 atom stereocenters. The lowest BCUT2D eigenvalue weighted by Crippen LogP contribution is -2.52. The van der Waals surface area contributed by atoms with E-state index in [9.17, 15) is 4.79 Å². The topological polar surface area (TPSA) is 60.2 Å². The largest absolute Gasteiger partial charge is 0.357 e. The Morgan fingerprint density at radius 1 is 1.38 bits per heavy atom. The van der Waals surface area contributed by atoms with Gasteiger partial charge < -0.3 is 15.6 Å². The maximum absolute atomic E-state index is 12.1. The van der Waals surface area contributed by atoms with Crippen LogP contribution in [0.3, 0.4) is 0 Å². The number of carbonyl (C=O) groups is 1. The summed E-state index contributed by atoms with van der Waals surface area (Å²) < 4.78 is 0. The standard InChI is InChI=1S/C19H28N4O/c1-19(2,20-3)18(24)21-11-14-8-9-23(12-14)13-16-10-15-6-4-5-7-17(15)22-16/h4-7,10,14,20,22H,8-9,11-13H2,1-3H3,(H,21,24). The van der Waals surface area contributed by atoms with Crippen LogP contribution in [0.25, 0.3) is 10.9 Å². The normalized spacial score (nSPS) is 19.0. The average Bonchev–Trinajstić information content (AvgIpc) is 3.18. The highest BCUT2D eigenvalue weighted by molar-refractivity contribution is 5.85. The lowest BCUT2D eigenvalue weighted by atomic mass is 10.0. The number of aromatic nitrogens is 1. The summed E-state index contributed by atoms with van der Waals surface area (Å²) >= 11 is 0. The van der Waals surface area contributed by atoms with Gasteiger partial charge in [-0.15, -0.1) is 0 Å². The summed E-state index contributed by atoms with van der Waals surface area (Å²) in [6, 6.07) is 10.6. The maximum Gasteiger partial charge on any atom is 0.239 e. The van der Waals surface area contributed by atoms with Crippen LogP contribution in [0.4, 0.5) is 0 Å². The molecule has 24 heavy (non-hydrogen) atoms. The van der Waals surface area contributed by atoms with Crippen LogP contribution in [-0.4, -0.2) is 48.0 Å². The molecular formula is C19H28N4O. The molecule has 3 N–H and O–H groups in total. The van der Waals surface area contributed by atoms with Gasteiger partial charge in [0.2, 0.25) is 5.91 Å². The second-order valence-electron chi connectivity index (χ2n) is 7.36. The molecule has 130 valence electrons. The van der Waals surface area contributed by atoms with Crippen molar-refractivity contribution < 1.29 is 4.79 Å². The highest BCUT2D eigenvalue weighted by Crippen LogP contribution is 2.20. The molecule has 0 radical (unpaired) electrons. The molecule has 0 spiro atoms. The molecule has 2 heterocycles. The number of amides is 1. The van der Waals surface area contributed by atoms with Gasteiger partial charge >= 0.3 is 0 Å². The number of H-pyrrole nitrogens is 1. The minimum Gasteiger partial charge on any atom is -0.357 e. The number of likely N-dealkylation sites (tertiary alicyclic amines) is 1. The van der Waals surface area contributed by atoms with Gasteiger partial charge in [-0.3, -0.25) is 9.69 Å². The number of para-hydroxylation sites is 1. The Balaban J connectivity index is 1.49. The van der Waals surface area contributed by atoms with E-state index in [1.54, 1.807) is 0 Å².